The van der Waals surface area contributed by atoms with Gasteiger partial charge in [0.1, 0.15) is 0 Å². The van der Waals surface area contributed by atoms with Crippen molar-refractivity contribution < 1.29 is 4.74 Å². The van der Waals surface area contributed by atoms with Gasteiger partial charge in [-0.2, -0.15) is 0 Å². The topological polar surface area (TPSA) is 21.3 Å². The Morgan fingerprint density at radius 3 is 2.67 bits per heavy atom. The fourth-order valence-electron chi connectivity index (χ4n) is 1.93. The summed E-state index contributed by atoms with van der Waals surface area (Å²) in [5.74, 6) is 0. The minimum absolute atomic E-state index is 0.567. The molecule has 0 amide bonds. The number of nitrogens with one attached hydrogen (secondary N) is 1. The summed E-state index contributed by atoms with van der Waals surface area (Å²) in [6.07, 6.45) is 8.56. The molecule has 0 aromatic heterocycles. The number of hydrogen-bond donors (Lipinski definition) is 1. The Morgan fingerprint density at radius 1 is 1.17 bits per heavy atom. The molecule has 2 rings (SSSR count). The Balaban J connectivity index is 1.49. The van der Waals surface area contributed by atoms with Crippen molar-refractivity contribution >= 4 is 0 Å². The summed E-state index contributed by atoms with van der Waals surface area (Å²) in [6.45, 7) is 2.16. The molecule has 1 saturated carbocycles. The summed E-state index contributed by atoms with van der Waals surface area (Å²) in [7, 11) is 0. The van der Waals surface area contributed by atoms with Crippen LogP contribution in [0.25, 0.3) is 0 Å². The lowest BCUT2D eigenvalue weighted by Crippen LogP contribution is -2.36. The minimum Gasteiger partial charge on any atom is -0.378 e. The van der Waals surface area contributed by atoms with E-state index in [0.717, 1.165) is 19.2 Å². The van der Waals surface area contributed by atoms with Gasteiger partial charge in [0.2, 0.25) is 0 Å². The van der Waals surface area contributed by atoms with E-state index >= 15 is 0 Å². The summed E-state index contributed by atoms with van der Waals surface area (Å²) in [4.78, 5) is 0. The van der Waals surface area contributed by atoms with Crippen molar-refractivity contribution in [3.05, 3.63) is 0 Å². The third kappa shape index (κ3) is 2.20. The van der Waals surface area contributed by atoms with E-state index in [1.807, 2.05) is 0 Å². The smallest absolute Gasteiger partial charge is 0.0588 e. The van der Waals surface area contributed by atoms with Crippen LogP contribution in [0.3, 0.4) is 0 Å². The van der Waals surface area contributed by atoms with Crippen LogP contribution in [0.2, 0.25) is 0 Å². The van der Waals surface area contributed by atoms with Crippen LogP contribution in [0.4, 0.5) is 0 Å². The van der Waals surface area contributed by atoms with Crippen molar-refractivity contribution in [2.45, 2.75) is 50.7 Å². The molecule has 1 unspecified atom stereocenters. The monoisotopic (exact) mass is 169 g/mol. The molecule has 0 bridgehead atoms. The Kier molecular flexibility index (Phi) is 3.01. The second kappa shape index (κ2) is 4.24. The van der Waals surface area contributed by atoms with Crippen LogP contribution in [0.1, 0.15) is 38.5 Å². The Labute approximate surface area is 74.7 Å². The van der Waals surface area contributed by atoms with E-state index in [2.05, 4.69) is 5.32 Å². The van der Waals surface area contributed by atoms with Crippen LogP contribution < -0.4 is 5.32 Å². The van der Waals surface area contributed by atoms with Gasteiger partial charge < -0.3 is 10.1 Å². The molecular formula is C10H19NO. The zero-order valence-electron chi connectivity index (χ0n) is 7.72. The van der Waals surface area contributed by atoms with E-state index in [4.69, 9.17) is 4.74 Å². The molecule has 1 atom stereocenters. The molecule has 70 valence electrons. The highest BCUT2D eigenvalue weighted by atomic mass is 16.5. The first-order chi connectivity index (χ1) is 5.95. The molecule has 1 saturated heterocycles. The van der Waals surface area contributed by atoms with Gasteiger partial charge in [-0.3, -0.25) is 0 Å². The highest BCUT2D eigenvalue weighted by Gasteiger charge is 2.18. The summed E-state index contributed by atoms with van der Waals surface area (Å²) < 4.78 is 5.55. The molecule has 0 radical (unpaired) electrons. The standard InChI is InChI=1S/C10H19NO/c1-3-9(4-1)11-7-6-10-5-2-8-12-10/h9-11H,1-8H2. The van der Waals surface area contributed by atoms with Crippen LogP contribution >= 0.6 is 0 Å². The van der Waals surface area contributed by atoms with Crippen molar-refractivity contribution in [2.75, 3.05) is 13.2 Å². The Bertz CT molecular complexity index is 128. The summed E-state index contributed by atoms with van der Waals surface area (Å²) in [5.41, 5.74) is 0. The molecule has 1 aliphatic heterocycles. The molecule has 2 heteroatoms. The molecule has 2 aliphatic rings. The second-order valence-corrected chi connectivity index (χ2v) is 4.01. The molecule has 0 aromatic rings. The molecule has 1 heterocycles. The maximum Gasteiger partial charge on any atom is 0.0588 e. The van der Waals surface area contributed by atoms with E-state index in [-0.39, 0.29) is 0 Å². The average molecular weight is 169 g/mol. The van der Waals surface area contributed by atoms with E-state index in [9.17, 15) is 0 Å². The van der Waals surface area contributed by atoms with Crippen LogP contribution in [0, 0.1) is 0 Å². The van der Waals surface area contributed by atoms with E-state index in [1.165, 1.54) is 38.5 Å². The lowest BCUT2D eigenvalue weighted by Gasteiger charge is -2.27. The normalized spacial score (nSPS) is 30.5. The van der Waals surface area contributed by atoms with Gasteiger partial charge in [0.25, 0.3) is 0 Å². The van der Waals surface area contributed by atoms with E-state index < -0.39 is 0 Å². The van der Waals surface area contributed by atoms with Crippen molar-refractivity contribution in [2.24, 2.45) is 0 Å². The highest BCUT2D eigenvalue weighted by molar-refractivity contribution is 4.77. The maximum absolute atomic E-state index is 5.55. The molecular weight excluding hydrogens is 150 g/mol. The number of ether oxygens (including phenoxy) is 1. The Morgan fingerprint density at radius 2 is 2.08 bits per heavy atom. The largest absolute Gasteiger partial charge is 0.378 e. The first kappa shape index (κ1) is 8.52. The van der Waals surface area contributed by atoms with Gasteiger partial charge in [-0.25, -0.2) is 0 Å². The van der Waals surface area contributed by atoms with Gasteiger partial charge in [-0.05, 0) is 38.6 Å². The van der Waals surface area contributed by atoms with Crippen LogP contribution in [0.5, 0.6) is 0 Å². The lowest BCUT2D eigenvalue weighted by atomic mass is 9.93. The second-order valence-electron chi connectivity index (χ2n) is 4.01. The zero-order chi connectivity index (χ0) is 8.23. The number of rotatable bonds is 4. The van der Waals surface area contributed by atoms with Crippen molar-refractivity contribution in [3.8, 4) is 0 Å². The summed E-state index contributed by atoms with van der Waals surface area (Å²) in [6, 6.07) is 0.839. The van der Waals surface area contributed by atoms with Crippen molar-refractivity contribution in [1.29, 1.82) is 0 Å². The van der Waals surface area contributed by atoms with Gasteiger partial charge in [0.05, 0.1) is 6.10 Å². The third-order valence-electron chi connectivity index (χ3n) is 3.03. The van der Waals surface area contributed by atoms with Crippen LogP contribution in [0.15, 0.2) is 0 Å². The fourth-order valence-corrected chi connectivity index (χ4v) is 1.93. The summed E-state index contributed by atoms with van der Waals surface area (Å²) >= 11 is 0. The molecule has 0 aromatic carbocycles. The Hall–Kier alpha value is -0.0800. The van der Waals surface area contributed by atoms with Gasteiger partial charge in [0.15, 0.2) is 0 Å². The fraction of sp³-hybridized carbons (Fsp3) is 1.00. The van der Waals surface area contributed by atoms with Gasteiger partial charge in [-0.1, -0.05) is 6.42 Å². The van der Waals surface area contributed by atoms with Crippen LogP contribution in [-0.2, 0) is 4.74 Å². The summed E-state index contributed by atoms with van der Waals surface area (Å²) in [5, 5.41) is 3.57. The third-order valence-corrected chi connectivity index (χ3v) is 3.03. The van der Waals surface area contributed by atoms with Gasteiger partial charge in [0, 0.05) is 12.6 Å². The van der Waals surface area contributed by atoms with Crippen molar-refractivity contribution in [1.82, 2.24) is 5.32 Å². The van der Waals surface area contributed by atoms with Crippen LogP contribution in [-0.4, -0.2) is 25.3 Å². The molecule has 1 aliphatic carbocycles. The number of hydrogen-bond acceptors (Lipinski definition) is 2. The minimum atomic E-state index is 0.567. The average Bonchev–Trinajstić information content (AvgIpc) is 2.46. The van der Waals surface area contributed by atoms with Gasteiger partial charge in [-0.15, -0.1) is 0 Å². The van der Waals surface area contributed by atoms with E-state index in [0.29, 0.717) is 6.10 Å². The zero-order valence-corrected chi connectivity index (χ0v) is 7.72. The SMILES string of the molecule is C1CC(NCCC2CCCO2)C1. The molecule has 2 nitrogen and oxygen atoms in total. The molecule has 2 fully saturated rings. The lowest BCUT2D eigenvalue weighted by molar-refractivity contribution is 0.102. The predicted molar refractivity (Wildman–Crippen MR) is 49.2 cm³/mol. The first-order valence-corrected chi connectivity index (χ1v) is 5.30. The predicted octanol–water partition coefficient (Wildman–Crippen LogP) is 1.70. The van der Waals surface area contributed by atoms with Gasteiger partial charge >= 0.3 is 0 Å². The first-order valence-electron chi connectivity index (χ1n) is 5.30. The molecule has 1 N–H and O–H groups in total. The highest BCUT2D eigenvalue weighted by Crippen LogP contribution is 2.19. The quantitative estimate of drug-likeness (QED) is 0.691. The molecule has 0 spiro atoms. The van der Waals surface area contributed by atoms with Crippen molar-refractivity contribution in [3.63, 3.8) is 0 Å². The molecule has 12 heavy (non-hydrogen) atoms. The van der Waals surface area contributed by atoms with E-state index in [1.54, 1.807) is 0 Å². The maximum atomic E-state index is 5.55.